The van der Waals surface area contributed by atoms with E-state index >= 15 is 0 Å². The zero-order chi connectivity index (χ0) is 33.1. The number of ether oxygens (including phenoxy) is 3. The zero-order valence-electron chi connectivity index (χ0n) is 28.3. The summed E-state index contributed by atoms with van der Waals surface area (Å²) in [7, 11) is 0. The molecule has 44 heavy (non-hydrogen) atoms. The number of nitrogens with one attached hydrogen (secondary N) is 2. The molecule has 0 aliphatic heterocycles. The van der Waals surface area contributed by atoms with Crippen LogP contribution in [0.1, 0.15) is 88.4 Å². The fraction of sp³-hybridized carbons (Fsp3) is 0.636. The fourth-order valence-corrected chi connectivity index (χ4v) is 5.02. The molecule has 0 atom stereocenters. The van der Waals surface area contributed by atoms with E-state index in [-0.39, 0.29) is 37.4 Å². The van der Waals surface area contributed by atoms with E-state index < -0.39 is 28.2 Å². The lowest BCUT2D eigenvalue weighted by Crippen LogP contribution is -2.53. The van der Waals surface area contributed by atoms with Crippen LogP contribution in [0.2, 0.25) is 0 Å². The van der Waals surface area contributed by atoms with Gasteiger partial charge in [-0.2, -0.15) is 0 Å². The summed E-state index contributed by atoms with van der Waals surface area (Å²) in [6.45, 7) is 21.4. The molecule has 11 nitrogen and oxygen atoms in total. The number of fused-ring (bicyclic) bond motifs is 3. The van der Waals surface area contributed by atoms with Gasteiger partial charge in [0.25, 0.3) is 5.91 Å². The maximum absolute atomic E-state index is 13.7. The first-order valence-corrected chi connectivity index (χ1v) is 15.3. The maximum atomic E-state index is 13.7. The van der Waals surface area contributed by atoms with Gasteiger partial charge in [0, 0.05) is 12.0 Å². The predicted molar refractivity (Wildman–Crippen MR) is 172 cm³/mol. The molecular weight excluding hydrogens is 562 g/mol. The summed E-state index contributed by atoms with van der Waals surface area (Å²) >= 11 is 0. The van der Waals surface area contributed by atoms with E-state index in [4.69, 9.17) is 24.2 Å². The molecule has 244 valence electrons. The number of aromatic nitrogens is 3. The first-order valence-electron chi connectivity index (χ1n) is 15.3. The molecule has 3 N–H and O–H groups in total. The molecule has 0 aliphatic rings. The van der Waals surface area contributed by atoms with Crippen LogP contribution < -0.4 is 10.6 Å². The Bertz CT molecular complexity index is 1470. The van der Waals surface area contributed by atoms with Crippen molar-refractivity contribution < 1.29 is 28.9 Å². The van der Waals surface area contributed by atoms with Crippen LogP contribution in [0.5, 0.6) is 0 Å². The van der Waals surface area contributed by atoms with Crippen molar-refractivity contribution >= 4 is 39.6 Å². The minimum absolute atomic E-state index is 0.0437. The Morgan fingerprint density at radius 1 is 1.00 bits per heavy atom. The van der Waals surface area contributed by atoms with Crippen LogP contribution in [0.25, 0.3) is 21.9 Å². The summed E-state index contributed by atoms with van der Waals surface area (Å²) in [4.78, 5) is 36.3. The molecule has 0 saturated heterocycles. The van der Waals surface area contributed by atoms with E-state index in [1.807, 2.05) is 77.3 Å². The van der Waals surface area contributed by atoms with Crippen molar-refractivity contribution in [1.82, 2.24) is 19.9 Å². The van der Waals surface area contributed by atoms with Gasteiger partial charge in [-0.25, -0.2) is 9.97 Å². The highest BCUT2D eigenvalue weighted by molar-refractivity contribution is 6.11. The van der Waals surface area contributed by atoms with Crippen molar-refractivity contribution in [2.24, 2.45) is 0 Å². The number of para-hydroxylation sites is 1. The molecule has 2 amide bonds. The van der Waals surface area contributed by atoms with E-state index in [9.17, 15) is 14.7 Å². The Balaban J connectivity index is 1.87. The summed E-state index contributed by atoms with van der Waals surface area (Å²) in [6, 6.07) is 7.58. The normalized spacial score (nSPS) is 13.2. The Kier molecular flexibility index (Phi) is 10.8. The van der Waals surface area contributed by atoms with Crippen LogP contribution >= 0.6 is 0 Å². The number of carbonyl (C=O) groups excluding carboxylic acids is 2. The highest BCUT2D eigenvalue weighted by atomic mass is 16.6. The Morgan fingerprint density at radius 2 is 1.66 bits per heavy atom. The molecule has 3 aromatic rings. The lowest BCUT2D eigenvalue weighted by atomic mass is 10.00. The van der Waals surface area contributed by atoms with Crippen molar-refractivity contribution in [3.05, 3.63) is 30.1 Å². The van der Waals surface area contributed by atoms with E-state index in [1.54, 1.807) is 27.7 Å². The topological polar surface area (TPSA) is 137 Å². The van der Waals surface area contributed by atoms with Gasteiger partial charge in [0.05, 0.1) is 53.5 Å². The van der Waals surface area contributed by atoms with Crippen molar-refractivity contribution in [3.63, 3.8) is 0 Å². The molecule has 11 heteroatoms. The highest BCUT2D eigenvalue weighted by Gasteiger charge is 2.34. The van der Waals surface area contributed by atoms with E-state index in [2.05, 4.69) is 10.6 Å². The number of rotatable bonds is 15. The molecule has 0 aliphatic carbocycles. The standard InChI is InChI=1S/C33H51N5O6/c1-12-42-18-24-35-26-27(38(24)19-30(4,5)41)22-15-13-14-16-23(22)34-28(26)36-29(40)33(10,11)37-25(39)17-31(6,7)43-20-32(8,9)44-21(2)3/h13-16,21,41H,12,17-20H2,1-11H3,(H,37,39)(H,34,36,40). The summed E-state index contributed by atoms with van der Waals surface area (Å²) in [5, 5.41) is 17.3. The van der Waals surface area contributed by atoms with E-state index in [1.165, 1.54) is 0 Å². The second-order valence-corrected chi connectivity index (χ2v) is 14.0. The number of anilines is 1. The molecular formula is C33H51N5O6. The number of amides is 2. The second-order valence-electron chi connectivity index (χ2n) is 14.0. The van der Waals surface area contributed by atoms with Crippen molar-refractivity contribution in [2.75, 3.05) is 18.5 Å². The van der Waals surface area contributed by atoms with Crippen LogP contribution in [0.4, 0.5) is 5.82 Å². The van der Waals surface area contributed by atoms with Gasteiger partial charge in [-0.15, -0.1) is 0 Å². The molecule has 3 rings (SSSR count). The van der Waals surface area contributed by atoms with Gasteiger partial charge in [0.15, 0.2) is 5.82 Å². The summed E-state index contributed by atoms with van der Waals surface area (Å²) in [5.41, 5.74) is -1.77. The van der Waals surface area contributed by atoms with Crippen LogP contribution in [0.15, 0.2) is 24.3 Å². The van der Waals surface area contributed by atoms with E-state index in [0.29, 0.717) is 30.1 Å². The third-order valence-corrected chi connectivity index (χ3v) is 6.85. The highest BCUT2D eigenvalue weighted by Crippen LogP contribution is 2.32. The number of hydrogen-bond acceptors (Lipinski definition) is 8. The molecule has 0 unspecified atom stereocenters. The lowest BCUT2D eigenvalue weighted by molar-refractivity contribution is -0.148. The molecule has 0 radical (unpaired) electrons. The zero-order valence-corrected chi connectivity index (χ0v) is 28.3. The fourth-order valence-electron chi connectivity index (χ4n) is 5.02. The number of hydrogen-bond donors (Lipinski definition) is 3. The van der Waals surface area contributed by atoms with E-state index in [0.717, 1.165) is 10.9 Å². The number of aliphatic hydroxyl groups is 1. The lowest BCUT2D eigenvalue weighted by Gasteiger charge is -2.33. The van der Waals surface area contributed by atoms with Crippen LogP contribution in [0.3, 0.4) is 0 Å². The largest absolute Gasteiger partial charge is 0.389 e. The van der Waals surface area contributed by atoms with Gasteiger partial charge >= 0.3 is 0 Å². The van der Waals surface area contributed by atoms with Gasteiger partial charge < -0.3 is 34.5 Å². The molecule has 0 spiro atoms. The average Bonchev–Trinajstić information content (AvgIpc) is 3.22. The number of carbonyl (C=O) groups is 2. The molecule has 0 fully saturated rings. The van der Waals surface area contributed by atoms with Crippen LogP contribution in [-0.4, -0.2) is 73.1 Å². The SMILES string of the molecule is CCOCc1nc2c(NC(=O)C(C)(C)NC(=O)CC(C)(C)OCC(C)(C)OC(C)C)nc3ccccc3c2n1CC(C)(C)O. The molecule has 2 heterocycles. The minimum atomic E-state index is -1.28. The molecule has 0 saturated carbocycles. The van der Waals surface area contributed by atoms with Crippen LogP contribution in [-0.2, 0) is 37.0 Å². The van der Waals surface area contributed by atoms with Crippen molar-refractivity contribution in [2.45, 2.75) is 124 Å². The first kappa shape index (κ1) is 35.4. The van der Waals surface area contributed by atoms with Crippen molar-refractivity contribution in [3.8, 4) is 0 Å². The van der Waals surface area contributed by atoms with Gasteiger partial charge in [0.1, 0.15) is 23.5 Å². The number of imidazole rings is 1. The maximum Gasteiger partial charge on any atom is 0.250 e. The Hall–Kier alpha value is -3.12. The smallest absolute Gasteiger partial charge is 0.250 e. The number of pyridine rings is 1. The summed E-state index contributed by atoms with van der Waals surface area (Å²) in [5.74, 6) is 0.0787. The molecule has 2 aromatic heterocycles. The molecule has 1 aromatic carbocycles. The third-order valence-electron chi connectivity index (χ3n) is 6.85. The second kappa shape index (κ2) is 13.5. The Labute approximate surface area is 261 Å². The van der Waals surface area contributed by atoms with Gasteiger partial charge in [0.2, 0.25) is 5.91 Å². The molecule has 0 bridgehead atoms. The monoisotopic (exact) mass is 613 g/mol. The number of nitrogens with zero attached hydrogens (tertiary/aromatic N) is 3. The quantitative estimate of drug-likeness (QED) is 0.215. The average molecular weight is 614 g/mol. The van der Waals surface area contributed by atoms with Crippen LogP contribution in [0, 0.1) is 0 Å². The summed E-state index contributed by atoms with van der Waals surface area (Å²) < 4.78 is 19.6. The number of benzene rings is 1. The van der Waals surface area contributed by atoms with Crippen molar-refractivity contribution in [1.29, 1.82) is 0 Å². The first-order chi connectivity index (χ1) is 20.2. The van der Waals surface area contributed by atoms with Gasteiger partial charge in [-0.1, -0.05) is 18.2 Å². The minimum Gasteiger partial charge on any atom is -0.389 e. The third kappa shape index (κ3) is 9.44. The predicted octanol–water partition coefficient (Wildman–Crippen LogP) is 5.11. The Morgan fingerprint density at radius 3 is 2.27 bits per heavy atom. The summed E-state index contributed by atoms with van der Waals surface area (Å²) in [6.07, 6.45) is 0.0893. The van der Waals surface area contributed by atoms with Gasteiger partial charge in [-0.05, 0) is 82.2 Å². The van der Waals surface area contributed by atoms with Gasteiger partial charge in [-0.3, -0.25) is 9.59 Å².